The van der Waals surface area contributed by atoms with Crippen LogP contribution in [0.5, 0.6) is 0 Å². The SMILES string of the molecule is CCOC(=O)CCCCCOCC=Cc1ccccc1. The molecular weight excluding hydrogens is 252 g/mol. The van der Waals surface area contributed by atoms with Gasteiger partial charge in [-0.15, -0.1) is 0 Å². The fourth-order valence-electron chi connectivity index (χ4n) is 1.78. The number of hydrogen-bond donors (Lipinski definition) is 0. The van der Waals surface area contributed by atoms with Crippen LogP contribution in [0, 0.1) is 0 Å². The molecule has 0 amide bonds. The summed E-state index contributed by atoms with van der Waals surface area (Å²) in [6.07, 6.45) is 7.46. The quantitative estimate of drug-likeness (QED) is 0.481. The summed E-state index contributed by atoms with van der Waals surface area (Å²) in [5, 5.41) is 0. The number of esters is 1. The predicted molar refractivity (Wildman–Crippen MR) is 81.4 cm³/mol. The van der Waals surface area contributed by atoms with Crippen molar-refractivity contribution in [2.75, 3.05) is 19.8 Å². The highest BCUT2D eigenvalue weighted by Gasteiger charge is 2.00. The Labute approximate surface area is 121 Å². The highest BCUT2D eigenvalue weighted by molar-refractivity contribution is 5.69. The van der Waals surface area contributed by atoms with Crippen molar-refractivity contribution in [2.45, 2.75) is 32.6 Å². The normalized spacial score (nSPS) is 10.8. The van der Waals surface area contributed by atoms with Gasteiger partial charge in [-0.2, -0.15) is 0 Å². The molecule has 0 unspecified atom stereocenters. The van der Waals surface area contributed by atoms with Gasteiger partial charge in [-0.05, 0) is 25.3 Å². The van der Waals surface area contributed by atoms with E-state index in [1.54, 1.807) is 0 Å². The number of carbonyl (C=O) groups excluding carboxylic acids is 1. The maximum atomic E-state index is 11.1. The molecule has 0 aliphatic carbocycles. The lowest BCUT2D eigenvalue weighted by molar-refractivity contribution is -0.143. The summed E-state index contributed by atoms with van der Waals surface area (Å²) in [7, 11) is 0. The van der Waals surface area contributed by atoms with E-state index < -0.39 is 0 Å². The number of unbranched alkanes of at least 4 members (excludes halogenated alkanes) is 2. The van der Waals surface area contributed by atoms with Crippen LogP contribution in [-0.4, -0.2) is 25.8 Å². The molecule has 0 bridgehead atoms. The van der Waals surface area contributed by atoms with E-state index in [0.29, 0.717) is 19.6 Å². The van der Waals surface area contributed by atoms with E-state index >= 15 is 0 Å². The van der Waals surface area contributed by atoms with E-state index in [-0.39, 0.29) is 5.97 Å². The molecule has 0 aliphatic rings. The Morgan fingerprint density at radius 1 is 1.15 bits per heavy atom. The van der Waals surface area contributed by atoms with Crippen LogP contribution in [-0.2, 0) is 14.3 Å². The van der Waals surface area contributed by atoms with E-state index in [4.69, 9.17) is 9.47 Å². The summed E-state index contributed by atoms with van der Waals surface area (Å²) in [6, 6.07) is 10.2. The van der Waals surface area contributed by atoms with Crippen LogP contribution in [0.3, 0.4) is 0 Å². The van der Waals surface area contributed by atoms with Crippen LogP contribution in [0.2, 0.25) is 0 Å². The molecule has 0 heterocycles. The summed E-state index contributed by atoms with van der Waals surface area (Å²) < 4.78 is 10.4. The van der Waals surface area contributed by atoms with Gasteiger partial charge in [-0.25, -0.2) is 0 Å². The number of carbonyl (C=O) groups is 1. The van der Waals surface area contributed by atoms with Gasteiger partial charge >= 0.3 is 5.97 Å². The Kier molecular flexibility index (Phi) is 9.24. The van der Waals surface area contributed by atoms with Crippen LogP contribution >= 0.6 is 0 Å². The van der Waals surface area contributed by atoms with E-state index in [9.17, 15) is 4.79 Å². The van der Waals surface area contributed by atoms with Gasteiger partial charge in [0.25, 0.3) is 0 Å². The van der Waals surface area contributed by atoms with Crippen molar-refractivity contribution < 1.29 is 14.3 Å². The second kappa shape index (κ2) is 11.2. The van der Waals surface area contributed by atoms with Crippen LogP contribution in [0.4, 0.5) is 0 Å². The van der Waals surface area contributed by atoms with Gasteiger partial charge in [0, 0.05) is 13.0 Å². The van der Waals surface area contributed by atoms with E-state index in [1.165, 1.54) is 5.56 Å². The summed E-state index contributed by atoms with van der Waals surface area (Å²) in [6.45, 7) is 3.67. The molecule has 3 heteroatoms. The first-order valence-corrected chi connectivity index (χ1v) is 7.28. The Balaban J connectivity index is 1.92. The zero-order valence-electron chi connectivity index (χ0n) is 12.2. The van der Waals surface area contributed by atoms with Gasteiger partial charge in [-0.3, -0.25) is 4.79 Å². The smallest absolute Gasteiger partial charge is 0.305 e. The van der Waals surface area contributed by atoms with E-state index in [1.807, 2.05) is 31.2 Å². The van der Waals surface area contributed by atoms with Crippen molar-refractivity contribution in [3.63, 3.8) is 0 Å². The average Bonchev–Trinajstić information content (AvgIpc) is 2.47. The Bertz CT molecular complexity index is 384. The zero-order valence-corrected chi connectivity index (χ0v) is 12.2. The van der Waals surface area contributed by atoms with Crippen LogP contribution in [0.25, 0.3) is 6.08 Å². The van der Waals surface area contributed by atoms with Crippen molar-refractivity contribution >= 4 is 12.0 Å². The predicted octanol–water partition coefficient (Wildman–Crippen LogP) is 3.84. The summed E-state index contributed by atoms with van der Waals surface area (Å²) in [5.41, 5.74) is 1.19. The van der Waals surface area contributed by atoms with Crippen molar-refractivity contribution in [1.82, 2.24) is 0 Å². The fraction of sp³-hybridized carbons (Fsp3) is 0.471. The van der Waals surface area contributed by atoms with E-state index in [2.05, 4.69) is 18.2 Å². The number of ether oxygens (including phenoxy) is 2. The van der Waals surface area contributed by atoms with Gasteiger partial charge < -0.3 is 9.47 Å². The van der Waals surface area contributed by atoms with Gasteiger partial charge in [0.1, 0.15) is 0 Å². The summed E-state index contributed by atoms with van der Waals surface area (Å²) >= 11 is 0. The standard InChI is InChI=1S/C17H24O3/c1-2-20-17(18)13-7-4-8-14-19-15-9-12-16-10-5-3-6-11-16/h3,5-6,9-12H,2,4,7-8,13-15H2,1H3. The highest BCUT2D eigenvalue weighted by Crippen LogP contribution is 2.03. The summed E-state index contributed by atoms with van der Waals surface area (Å²) in [4.78, 5) is 11.1. The lowest BCUT2D eigenvalue weighted by Crippen LogP contribution is -2.03. The van der Waals surface area contributed by atoms with Crippen LogP contribution in [0.15, 0.2) is 36.4 Å². The number of hydrogen-bond acceptors (Lipinski definition) is 3. The molecule has 1 rings (SSSR count). The Morgan fingerprint density at radius 2 is 1.95 bits per heavy atom. The van der Waals surface area contributed by atoms with Crippen LogP contribution in [0.1, 0.15) is 38.2 Å². The highest BCUT2D eigenvalue weighted by atomic mass is 16.5. The first-order valence-electron chi connectivity index (χ1n) is 7.28. The molecule has 0 aliphatic heterocycles. The molecular formula is C17H24O3. The van der Waals surface area contributed by atoms with Gasteiger partial charge in [0.05, 0.1) is 13.2 Å². The van der Waals surface area contributed by atoms with Crippen molar-refractivity contribution in [1.29, 1.82) is 0 Å². The zero-order chi connectivity index (χ0) is 14.5. The van der Waals surface area contributed by atoms with Gasteiger partial charge in [-0.1, -0.05) is 48.9 Å². The minimum Gasteiger partial charge on any atom is -0.466 e. The van der Waals surface area contributed by atoms with Crippen molar-refractivity contribution in [2.24, 2.45) is 0 Å². The molecule has 0 saturated heterocycles. The second-order valence-electron chi connectivity index (χ2n) is 4.50. The molecule has 20 heavy (non-hydrogen) atoms. The fourth-order valence-corrected chi connectivity index (χ4v) is 1.78. The molecule has 0 atom stereocenters. The van der Waals surface area contributed by atoms with E-state index in [0.717, 1.165) is 25.9 Å². The van der Waals surface area contributed by atoms with Crippen molar-refractivity contribution in [3.8, 4) is 0 Å². The third kappa shape index (κ3) is 8.48. The molecule has 0 radical (unpaired) electrons. The maximum absolute atomic E-state index is 11.1. The van der Waals surface area contributed by atoms with Gasteiger partial charge in [0.15, 0.2) is 0 Å². The molecule has 110 valence electrons. The molecule has 1 aromatic rings. The molecule has 0 N–H and O–H groups in total. The Morgan fingerprint density at radius 3 is 2.70 bits per heavy atom. The number of rotatable bonds is 10. The Hall–Kier alpha value is -1.61. The maximum Gasteiger partial charge on any atom is 0.305 e. The minimum absolute atomic E-state index is 0.0980. The summed E-state index contributed by atoms with van der Waals surface area (Å²) in [5.74, 6) is -0.0980. The molecule has 0 saturated carbocycles. The molecule has 3 nitrogen and oxygen atoms in total. The first-order chi connectivity index (χ1) is 9.83. The lowest BCUT2D eigenvalue weighted by atomic mass is 10.2. The molecule has 0 aromatic heterocycles. The number of benzene rings is 1. The molecule has 0 spiro atoms. The molecule has 1 aromatic carbocycles. The second-order valence-corrected chi connectivity index (χ2v) is 4.50. The first kappa shape index (κ1) is 16.4. The third-order valence-electron chi connectivity index (χ3n) is 2.80. The monoisotopic (exact) mass is 276 g/mol. The van der Waals surface area contributed by atoms with Crippen LogP contribution < -0.4 is 0 Å². The lowest BCUT2D eigenvalue weighted by Gasteiger charge is -2.02. The molecule has 0 fully saturated rings. The largest absolute Gasteiger partial charge is 0.466 e. The van der Waals surface area contributed by atoms with Gasteiger partial charge in [0.2, 0.25) is 0 Å². The third-order valence-corrected chi connectivity index (χ3v) is 2.80. The topological polar surface area (TPSA) is 35.5 Å². The minimum atomic E-state index is -0.0980. The van der Waals surface area contributed by atoms with Crippen molar-refractivity contribution in [3.05, 3.63) is 42.0 Å². The average molecular weight is 276 g/mol.